The number of benzene rings is 2. The summed E-state index contributed by atoms with van der Waals surface area (Å²) in [7, 11) is 0. The zero-order valence-electron chi connectivity index (χ0n) is 11.5. The van der Waals surface area contributed by atoms with E-state index >= 15 is 0 Å². The lowest BCUT2D eigenvalue weighted by atomic mass is 10.1. The minimum Gasteiger partial charge on any atom is -0.490 e. The molecule has 2 aromatic carbocycles. The molecule has 0 aliphatic rings. The molecule has 5 heteroatoms. The monoisotopic (exact) mass is 290 g/mol. The fourth-order valence-electron chi connectivity index (χ4n) is 1.78. The van der Waals surface area contributed by atoms with Crippen LogP contribution in [-0.2, 0) is 0 Å². The molecule has 0 heterocycles. The highest BCUT2D eigenvalue weighted by atomic mass is 19.1. The van der Waals surface area contributed by atoms with Crippen molar-refractivity contribution in [2.24, 2.45) is 0 Å². The molecule has 0 saturated heterocycles. The van der Waals surface area contributed by atoms with Crippen molar-refractivity contribution >= 4 is 5.97 Å². The summed E-state index contributed by atoms with van der Waals surface area (Å²) in [5.74, 6) is -0.532. The normalized spacial score (nSPS) is 10.2. The predicted octanol–water partition coefficient (Wildman–Crippen LogP) is 3.29. The van der Waals surface area contributed by atoms with Crippen molar-refractivity contribution in [2.45, 2.75) is 6.92 Å². The van der Waals surface area contributed by atoms with E-state index in [1.165, 1.54) is 24.3 Å². The van der Waals surface area contributed by atoms with E-state index in [0.717, 1.165) is 5.56 Å². The van der Waals surface area contributed by atoms with Crippen molar-refractivity contribution in [3.63, 3.8) is 0 Å². The summed E-state index contributed by atoms with van der Waals surface area (Å²) in [6.45, 7) is 2.24. The first-order chi connectivity index (χ1) is 10.1. The number of carboxylic acid groups (broad SMARTS) is 1. The molecule has 0 atom stereocenters. The maximum Gasteiger partial charge on any atom is 0.339 e. The van der Waals surface area contributed by atoms with Gasteiger partial charge in [0, 0.05) is 0 Å². The van der Waals surface area contributed by atoms with E-state index in [1.54, 1.807) is 18.2 Å². The summed E-state index contributed by atoms with van der Waals surface area (Å²) in [5.41, 5.74) is 0.971. The molecule has 0 bridgehead atoms. The molecule has 0 fully saturated rings. The van der Waals surface area contributed by atoms with Gasteiger partial charge in [-0.05, 0) is 43.3 Å². The molecule has 110 valence electrons. The Morgan fingerprint density at radius 1 is 1.10 bits per heavy atom. The van der Waals surface area contributed by atoms with E-state index < -0.39 is 5.97 Å². The van der Waals surface area contributed by atoms with E-state index in [-0.39, 0.29) is 24.6 Å². The summed E-state index contributed by atoms with van der Waals surface area (Å²) < 4.78 is 23.5. The molecular weight excluding hydrogens is 275 g/mol. The second-order valence-electron chi connectivity index (χ2n) is 4.46. The highest BCUT2D eigenvalue weighted by Gasteiger charge is 2.11. The largest absolute Gasteiger partial charge is 0.490 e. The van der Waals surface area contributed by atoms with Gasteiger partial charge < -0.3 is 14.6 Å². The van der Waals surface area contributed by atoms with Gasteiger partial charge in [-0.3, -0.25) is 0 Å². The lowest BCUT2D eigenvalue weighted by Crippen LogP contribution is -2.11. The zero-order valence-corrected chi connectivity index (χ0v) is 11.5. The van der Waals surface area contributed by atoms with Gasteiger partial charge in [0.2, 0.25) is 0 Å². The number of carbonyl (C=O) groups is 1. The predicted molar refractivity (Wildman–Crippen MR) is 75.5 cm³/mol. The topological polar surface area (TPSA) is 55.8 Å². The van der Waals surface area contributed by atoms with Crippen molar-refractivity contribution in [2.75, 3.05) is 13.2 Å². The van der Waals surface area contributed by atoms with Gasteiger partial charge in [0.15, 0.2) is 0 Å². The molecule has 0 aromatic heterocycles. The lowest BCUT2D eigenvalue weighted by molar-refractivity contribution is 0.0691. The van der Waals surface area contributed by atoms with Crippen LogP contribution in [0.5, 0.6) is 11.5 Å². The molecule has 0 aliphatic heterocycles. The molecule has 1 N–H and O–H groups in total. The molecule has 0 aliphatic carbocycles. The first kappa shape index (κ1) is 14.8. The standard InChI is InChI=1S/C16H15FO4/c1-11-2-7-15(14(10-11)16(18)19)21-9-8-20-13-5-3-12(17)4-6-13/h2-7,10H,8-9H2,1H3,(H,18,19). The van der Waals surface area contributed by atoms with Gasteiger partial charge in [-0.25, -0.2) is 9.18 Å². The highest BCUT2D eigenvalue weighted by Crippen LogP contribution is 2.20. The van der Waals surface area contributed by atoms with E-state index in [9.17, 15) is 9.18 Å². The summed E-state index contributed by atoms with van der Waals surface area (Å²) in [5, 5.41) is 9.10. The molecule has 0 saturated carbocycles. The number of halogens is 1. The number of aryl methyl sites for hydroxylation is 1. The van der Waals surface area contributed by atoms with Crippen LogP contribution in [0.15, 0.2) is 42.5 Å². The quantitative estimate of drug-likeness (QED) is 0.829. The molecule has 0 radical (unpaired) electrons. The van der Waals surface area contributed by atoms with Gasteiger partial charge in [0.25, 0.3) is 0 Å². The van der Waals surface area contributed by atoms with Crippen LogP contribution >= 0.6 is 0 Å². The SMILES string of the molecule is Cc1ccc(OCCOc2ccc(F)cc2)c(C(=O)O)c1. The van der Waals surface area contributed by atoms with Gasteiger partial charge in [-0.15, -0.1) is 0 Å². The summed E-state index contributed by atoms with van der Waals surface area (Å²) in [6, 6.07) is 10.6. The Hall–Kier alpha value is -2.56. The number of rotatable bonds is 6. The number of ether oxygens (including phenoxy) is 2. The minimum absolute atomic E-state index is 0.122. The van der Waals surface area contributed by atoms with Crippen molar-refractivity contribution in [1.29, 1.82) is 0 Å². The third kappa shape index (κ3) is 4.21. The van der Waals surface area contributed by atoms with Crippen LogP contribution in [-0.4, -0.2) is 24.3 Å². The Balaban J connectivity index is 1.89. The van der Waals surface area contributed by atoms with E-state index in [1.807, 2.05) is 6.92 Å². The van der Waals surface area contributed by atoms with E-state index in [2.05, 4.69) is 0 Å². The highest BCUT2D eigenvalue weighted by molar-refractivity contribution is 5.91. The fourth-order valence-corrected chi connectivity index (χ4v) is 1.78. The van der Waals surface area contributed by atoms with Crippen LogP contribution in [0.1, 0.15) is 15.9 Å². The van der Waals surface area contributed by atoms with E-state index in [4.69, 9.17) is 14.6 Å². The number of carboxylic acids is 1. The van der Waals surface area contributed by atoms with Crippen LogP contribution in [0.3, 0.4) is 0 Å². The molecule has 4 nitrogen and oxygen atoms in total. The average Bonchev–Trinajstić information content (AvgIpc) is 2.46. The molecule has 0 spiro atoms. The van der Waals surface area contributed by atoms with Crippen LogP contribution < -0.4 is 9.47 Å². The van der Waals surface area contributed by atoms with Crippen molar-refractivity contribution in [1.82, 2.24) is 0 Å². The summed E-state index contributed by atoms with van der Waals surface area (Å²) in [6.07, 6.45) is 0. The molecule has 0 amide bonds. The maximum atomic E-state index is 12.7. The summed E-state index contributed by atoms with van der Waals surface area (Å²) in [4.78, 5) is 11.1. The Kier molecular flexibility index (Phi) is 4.77. The van der Waals surface area contributed by atoms with Crippen LogP contribution in [0, 0.1) is 12.7 Å². The lowest BCUT2D eigenvalue weighted by Gasteiger charge is -2.11. The second kappa shape index (κ2) is 6.74. The zero-order chi connectivity index (χ0) is 15.2. The Morgan fingerprint density at radius 3 is 2.43 bits per heavy atom. The molecular formula is C16H15FO4. The van der Waals surface area contributed by atoms with Gasteiger partial charge in [0.05, 0.1) is 0 Å². The molecule has 2 aromatic rings. The van der Waals surface area contributed by atoms with Crippen LogP contribution in [0.25, 0.3) is 0 Å². The van der Waals surface area contributed by atoms with Gasteiger partial charge >= 0.3 is 5.97 Å². The molecule has 0 unspecified atom stereocenters. The van der Waals surface area contributed by atoms with E-state index in [0.29, 0.717) is 11.5 Å². The van der Waals surface area contributed by atoms with Crippen LogP contribution in [0.2, 0.25) is 0 Å². The summed E-state index contributed by atoms with van der Waals surface area (Å²) >= 11 is 0. The van der Waals surface area contributed by atoms with Gasteiger partial charge in [0.1, 0.15) is 36.1 Å². The van der Waals surface area contributed by atoms with Crippen LogP contribution in [0.4, 0.5) is 4.39 Å². The first-order valence-corrected chi connectivity index (χ1v) is 6.41. The third-order valence-corrected chi connectivity index (χ3v) is 2.79. The molecule has 2 rings (SSSR count). The maximum absolute atomic E-state index is 12.7. The fraction of sp³-hybridized carbons (Fsp3) is 0.188. The minimum atomic E-state index is -1.03. The number of hydrogen-bond donors (Lipinski definition) is 1. The average molecular weight is 290 g/mol. The van der Waals surface area contributed by atoms with Crippen molar-refractivity contribution in [3.05, 3.63) is 59.4 Å². The third-order valence-electron chi connectivity index (χ3n) is 2.79. The Morgan fingerprint density at radius 2 is 1.76 bits per heavy atom. The van der Waals surface area contributed by atoms with Crippen molar-refractivity contribution < 1.29 is 23.8 Å². The second-order valence-corrected chi connectivity index (χ2v) is 4.46. The smallest absolute Gasteiger partial charge is 0.339 e. The number of aromatic carboxylic acids is 1. The molecule has 21 heavy (non-hydrogen) atoms. The number of hydrogen-bond acceptors (Lipinski definition) is 3. The Bertz CT molecular complexity index is 623. The van der Waals surface area contributed by atoms with Crippen molar-refractivity contribution in [3.8, 4) is 11.5 Å². The van der Waals surface area contributed by atoms with Gasteiger partial charge in [-0.2, -0.15) is 0 Å². The van der Waals surface area contributed by atoms with Gasteiger partial charge in [-0.1, -0.05) is 11.6 Å². The Labute approximate surface area is 121 Å². The first-order valence-electron chi connectivity index (χ1n) is 6.41.